The summed E-state index contributed by atoms with van der Waals surface area (Å²) in [5.74, 6) is 0.895. The van der Waals surface area contributed by atoms with Crippen LogP contribution in [0, 0.1) is 0 Å². The van der Waals surface area contributed by atoms with E-state index in [4.69, 9.17) is 4.52 Å². The fraction of sp³-hybridized carbons (Fsp3) is 0.158. The molecule has 0 fully saturated rings. The molecule has 0 saturated carbocycles. The number of nitrogens with zero attached hydrogens (tertiary/aromatic N) is 4. The van der Waals surface area contributed by atoms with Crippen LogP contribution in [0.5, 0.6) is 0 Å². The molecule has 3 aromatic rings. The maximum atomic E-state index is 12.0. The van der Waals surface area contributed by atoms with Gasteiger partial charge in [0.15, 0.2) is 0 Å². The number of benzene rings is 1. The highest BCUT2D eigenvalue weighted by molar-refractivity contribution is 5.77. The minimum atomic E-state index is -0.171. The van der Waals surface area contributed by atoms with Crippen molar-refractivity contribution in [2.24, 2.45) is 0 Å². The summed E-state index contributed by atoms with van der Waals surface area (Å²) >= 11 is 0. The van der Waals surface area contributed by atoms with Crippen molar-refractivity contribution < 1.29 is 9.32 Å². The lowest BCUT2D eigenvalue weighted by molar-refractivity contribution is -0.128. The smallest absolute Gasteiger partial charge is 0.229 e. The molecule has 25 heavy (non-hydrogen) atoms. The van der Waals surface area contributed by atoms with E-state index in [2.05, 4.69) is 15.1 Å². The first-order chi connectivity index (χ1) is 12.2. The highest BCUT2D eigenvalue weighted by atomic mass is 16.5. The SMILES string of the molecule is CC(=O)N1C=Cc2ccccc2[C@@H]1Cc1nc(-c2ccccn2)no1. The molecule has 0 N–H and O–H groups in total. The van der Waals surface area contributed by atoms with Crippen LogP contribution in [0.25, 0.3) is 17.6 Å². The lowest BCUT2D eigenvalue weighted by Gasteiger charge is -2.31. The standard InChI is InChI=1S/C19H16N4O2/c1-13(24)23-11-9-14-6-2-3-7-15(14)17(23)12-18-21-19(22-25-18)16-8-4-5-10-20-16/h2-11,17H,12H2,1H3/t17-/m0/s1. The molecular formula is C19H16N4O2. The van der Waals surface area contributed by atoms with E-state index in [9.17, 15) is 4.79 Å². The van der Waals surface area contributed by atoms with Gasteiger partial charge in [0.25, 0.3) is 0 Å². The molecule has 0 bridgehead atoms. The normalized spacial score (nSPS) is 15.9. The molecule has 6 heteroatoms. The van der Waals surface area contributed by atoms with Gasteiger partial charge in [-0.25, -0.2) is 0 Å². The van der Waals surface area contributed by atoms with Crippen LogP contribution < -0.4 is 0 Å². The minimum Gasteiger partial charge on any atom is -0.339 e. The molecule has 0 aliphatic carbocycles. The van der Waals surface area contributed by atoms with E-state index in [-0.39, 0.29) is 11.9 Å². The highest BCUT2D eigenvalue weighted by Gasteiger charge is 2.28. The average molecular weight is 332 g/mol. The van der Waals surface area contributed by atoms with Crippen LogP contribution in [-0.4, -0.2) is 25.9 Å². The second-order valence-electron chi connectivity index (χ2n) is 5.82. The van der Waals surface area contributed by atoms with E-state index < -0.39 is 0 Å². The fourth-order valence-electron chi connectivity index (χ4n) is 3.02. The van der Waals surface area contributed by atoms with E-state index in [1.807, 2.05) is 54.7 Å². The van der Waals surface area contributed by atoms with Gasteiger partial charge in [-0.15, -0.1) is 0 Å². The molecule has 1 aromatic carbocycles. The minimum absolute atomic E-state index is 0.0276. The predicted molar refractivity (Wildman–Crippen MR) is 92.0 cm³/mol. The van der Waals surface area contributed by atoms with Crippen molar-refractivity contribution in [1.82, 2.24) is 20.0 Å². The fourth-order valence-corrected chi connectivity index (χ4v) is 3.02. The van der Waals surface area contributed by atoms with Gasteiger partial charge in [-0.05, 0) is 29.3 Å². The van der Waals surface area contributed by atoms with Crippen LogP contribution in [0.3, 0.4) is 0 Å². The number of carbonyl (C=O) groups is 1. The van der Waals surface area contributed by atoms with E-state index in [1.54, 1.807) is 18.0 Å². The number of carbonyl (C=O) groups excluding carboxylic acids is 1. The van der Waals surface area contributed by atoms with Gasteiger partial charge in [-0.3, -0.25) is 9.78 Å². The molecule has 0 spiro atoms. The molecule has 1 aliphatic heterocycles. The Hall–Kier alpha value is -3.28. The molecule has 0 unspecified atom stereocenters. The predicted octanol–water partition coefficient (Wildman–Crippen LogP) is 3.25. The van der Waals surface area contributed by atoms with Gasteiger partial charge in [-0.2, -0.15) is 4.98 Å². The summed E-state index contributed by atoms with van der Waals surface area (Å²) in [6.07, 6.45) is 5.89. The largest absolute Gasteiger partial charge is 0.339 e. The second-order valence-corrected chi connectivity index (χ2v) is 5.82. The number of aromatic nitrogens is 3. The summed E-state index contributed by atoms with van der Waals surface area (Å²) in [6, 6.07) is 13.4. The lowest BCUT2D eigenvalue weighted by Crippen LogP contribution is -2.32. The summed E-state index contributed by atoms with van der Waals surface area (Å²) in [6.45, 7) is 1.55. The van der Waals surface area contributed by atoms with E-state index in [1.165, 1.54) is 0 Å². The van der Waals surface area contributed by atoms with Gasteiger partial charge in [0.2, 0.25) is 17.6 Å². The van der Waals surface area contributed by atoms with Gasteiger partial charge in [0.1, 0.15) is 5.69 Å². The number of hydrogen-bond acceptors (Lipinski definition) is 5. The topological polar surface area (TPSA) is 72.1 Å². The Morgan fingerprint density at radius 1 is 1.20 bits per heavy atom. The Kier molecular flexibility index (Phi) is 3.85. The zero-order valence-corrected chi connectivity index (χ0v) is 13.7. The third kappa shape index (κ3) is 2.94. The zero-order valence-electron chi connectivity index (χ0n) is 13.7. The van der Waals surface area contributed by atoms with Gasteiger partial charge >= 0.3 is 0 Å². The first-order valence-corrected chi connectivity index (χ1v) is 8.02. The molecule has 1 atom stereocenters. The summed E-state index contributed by atoms with van der Waals surface area (Å²) in [5.41, 5.74) is 2.82. The van der Waals surface area contributed by atoms with Crippen LogP contribution in [0.2, 0.25) is 0 Å². The van der Waals surface area contributed by atoms with E-state index in [0.29, 0.717) is 23.8 Å². The van der Waals surface area contributed by atoms with Gasteiger partial charge < -0.3 is 9.42 Å². The maximum absolute atomic E-state index is 12.0. The Bertz CT molecular complexity index is 933. The van der Waals surface area contributed by atoms with Gasteiger partial charge in [0, 0.05) is 19.3 Å². The van der Waals surface area contributed by atoms with Gasteiger partial charge in [0.05, 0.1) is 12.5 Å². The first kappa shape index (κ1) is 15.3. The molecule has 1 amide bonds. The van der Waals surface area contributed by atoms with Crippen LogP contribution in [0.15, 0.2) is 59.4 Å². The molecule has 4 rings (SSSR count). The first-order valence-electron chi connectivity index (χ1n) is 8.02. The average Bonchev–Trinajstić information content (AvgIpc) is 3.11. The molecule has 6 nitrogen and oxygen atoms in total. The summed E-state index contributed by atoms with van der Waals surface area (Å²) in [7, 11) is 0. The Labute approximate surface area is 144 Å². The van der Waals surface area contributed by atoms with Crippen molar-refractivity contribution in [3.05, 3.63) is 71.9 Å². The Morgan fingerprint density at radius 2 is 2.04 bits per heavy atom. The molecule has 3 heterocycles. The number of hydrogen-bond donors (Lipinski definition) is 0. The van der Waals surface area contributed by atoms with Crippen LogP contribution >= 0.6 is 0 Å². The molecule has 0 radical (unpaired) electrons. The van der Waals surface area contributed by atoms with Crippen molar-refractivity contribution in [3.63, 3.8) is 0 Å². The molecule has 124 valence electrons. The monoisotopic (exact) mass is 332 g/mol. The molecule has 0 saturated heterocycles. The van der Waals surface area contributed by atoms with Crippen LogP contribution in [0.1, 0.15) is 30.0 Å². The van der Waals surface area contributed by atoms with E-state index in [0.717, 1.165) is 11.1 Å². The second kappa shape index (κ2) is 6.32. The quantitative estimate of drug-likeness (QED) is 0.736. The van der Waals surface area contributed by atoms with Crippen molar-refractivity contribution in [2.45, 2.75) is 19.4 Å². The molecule has 1 aliphatic rings. The lowest BCUT2D eigenvalue weighted by atomic mass is 9.94. The van der Waals surface area contributed by atoms with Crippen molar-refractivity contribution in [1.29, 1.82) is 0 Å². The summed E-state index contributed by atoms with van der Waals surface area (Å²) in [5, 5.41) is 4.01. The third-order valence-corrected chi connectivity index (χ3v) is 4.20. The number of fused-ring (bicyclic) bond motifs is 1. The number of amides is 1. The number of pyridine rings is 1. The third-order valence-electron chi connectivity index (χ3n) is 4.20. The molecular weight excluding hydrogens is 316 g/mol. The summed E-state index contributed by atoms with van der Waals surface area (Å²) in [4.78, 5) is 22.4. The number of rotatable bonds is 3. The van der Waals surface area contributed by atoms with Crippen LogP contribution in [-0.2, 0) is 11.2 Å². The highest BCUT2D eigenvalue weighted by Crippen LogP contribution is 2.33. The summed E-state index contributed by atoms with van der Waals surface area (Å²) < 4.78 is 5.40. The Morgan fingerprint density at radius 3 is 2.84 bits per heavy atom. The van der Waals surface area contributed by atoms with Crippen molar-refractivity contribution >= 4 is 12.0 Å². The van der Waals surface area contributed by atoms with Crippen LogP contribution in [0.4, 0.5) is 0 Å². The molecule has 2 aromatic heterocycles. The van der Waals surface area contributed by atoms with Crippen molar-refractivity contribution in [2.75, 3.05) is 0 Å². The van der Waals surface area contributed by atoms with Crippen molar-refractivity contribution in [3.8, 4) is 11.5 Å². The van der Waals surface area contributed by atoms with Gasteiger partial charge in [-0.1, -0.05) is 35.5 Å². The maximum Gasteiger partial charge on any atom is 0.229 e. The van der Waals surface area contributed by atoms with E-state index >= 15 is 0 Å². The zero-order chi connectivity index (χ0) is 17.2. The Balaban J connectivity index is 1.65.